The molecule has 0 aromatic heterocycles. The lowest BCUT2D eigenvalue weighted by atomic mass is 10.2. The zero-order valence-electron chi connectivity index (χ0n) is 10.4. The fourth-order valence-corrected chi connectivity index (χ4v) is 1.54. The molecule has 0 amide bonds. The summed E-state index contributed by atoms with van der Waals surface area (Å²) in [6, 6.07) is 5.97. The van der Waals surface area contributed by atoms with Gasteiger partial charge in [-0.05, 0) is 32.1 Å². The van der Waals surface area contributed by atoms with Gasteiger partial charge in [0.25, 0.3) is 0 Å². The van der Waals surface area contributed by atoms with Gasteiger partial charge in [-0.25, -0.2) is 0 Å². The second-order valence-corrected chi connectivity index (χ2v) is 3.92. The SMILES string of the molecule is CNCCCN(C)c1cccc(OC(F)(F)F)c1. The first-order valence-electron chi connectivity index (χ1n) is 5.64. The van der Waals surface area contributed by atoms with Gasteiger partial charge in [-0.3, -0.25) is 0 Å². The second kappa shape index (κ2) is 6.49. The molecule has 3 nitrogen and oxygen atoms in total. The molecule has 0 aliphatic rings. The smallest absolute Gasteiger partial charge is 0.406 e. The van der Waals surface area contributed by atoms with Gasteiger partial charge >= 0.3 is 6.36 Å². The van der Waals surface area contributed by atoms with Crippen LogP contribution in [0.4, 0.5) is 18.9 Å². The van der Waals surface area contributed by atoms with Crippen LogP contribution in [0.1, 0.15) is 6.42 Å². The summed E-state index contributed by atoms with van der Waals surface area (Å²) >= 11 is 0. The van der Waals surface area contributed by atoms with Crippen molar-refractivity contribution in [3.63, 3.8) is 0 Å². The number of hydrogen-bond acceptors (Lipinski definition) is 3. The Bertz CT molecular complexity index is 369. The lowest BCUT2D eigenvalue weighted by Gasteiger charge is -2.20. The van der Waals surface area contributed by atoms with Gasteiger partial charge in [0.05, 0.1) is 0 Å². The van der Waals surface area contributed by atoms with Crippen molar-refractivity contribution in [2.24, 2.45) is 0 Å². The van der Waals surface area contributed by atoms with Crippen LogP contribution in [0.5, 0.6) is 5.75 Å². The van der Waals surface area contributed by atoms with Crippen LogP contribution in [0.3, 0.4) is 0 Å². The molecule has 0 saturated heterocycles. The van der Waals surface area contributed by atoms with Crippen molar-refractivity contribution in [1.29, 1.82) is 0 Å². The largest absolute Gasteiger partial charge is 0.573 e. The Morgan fingerprint density at radius 1 is 1.33 bits per heavy atom. The zero-order valence-corrected chi connectivity index (χ0v) is 10.4. The van der Waals surface area contributed by atoms with Crippen LogP contribution in [-0.4, -0.2) is 33.5 Å². The van der Waals surface area contributed by atoms with E-state index in [0.717, 1.165) is 19.5 Å². The molecule has 1 rings (SSSR count). The highest BCUT2D eigenvalue weighted by Crippen LogP contribution is 2.26. The minimum absolute atomic E-state index is 0.194. The van der Waals surface area contributed by atoms with E-state index >= 15 is 0 Å². The van der Waals surface area contributed by atoms with E-state index in [1.165, 1.54) is 12.1 Å². The summed E-state index contributed by atoms with van der Waals surface area (Å²) in [5.41, 5.74) is 0.702. The molecule has 0 atom stereocenters. The standard InChI is InChI=1S/C12H17F3N2O/c1-16-7-4-8-17(2)10-5-3-6-11(9-10)18-12(13,14)15/h3,5-6,9,16H,4,7-8H2,1-2H3. The Labute approximate surface area is 105 Å². The maximum Gasteiger partial charge on any atom is 0.573 e. The molecule has 1 N–H and O–H groups in total. The summed E-state index contributed by atoms with van der Waals surface area (Å²) < 4.78 is 40.1. The van der Waals surface area contributed by atoms with Crippen LogP contribution < -0.4 is 15.0 Å². The van der Waals surface area contributed by atoms with E-state index < -0.39 is 6.36 Å². The van der Waals surface area contributed by atoms with Crippen molar-refractivity contribution >= 4 is 5.69 Å². The minimum Gasteiger partial charge on any atom is -0.406 e. The first-order valence-corrected chi connectivity index (χ1v) is 5.64. The molecule has 6 heteroatoms. The normalized spacial score (nSPS) is 11.4. The van der Waals surface area contributed by atoms with Gasteiger partial charge < -0.3 is 15.0 Å². The number of nitrogens with zero attached hydrogens (tertiary/aromatic N) is 1. The first-order chi connectivity index (χ1) is 8.42. The number of nitrogens with one attached hydrogen (secondary N) is 1. The Hall–Kier alpha value is -1.43. The molecule has 0 fully saturated rings. The number of alkyl halides is 3. The maximum atomic E-state index is 12.1. The summed E-state index contributed by atoms with van der Waals surface area (Å²) in [4.78, 5) is 1.89. The zero-order chi connectivity index (χ0) is 13.6. The molecular weight excluding hydrogens is 245 g/mol. The molecule has 0 bridgehead atoms. The molecule has 18 heavy (non-hydrogen) atoms. The molecule has 0 unspecified atom stereocenters. The molecule has 0 radical (unpaired) electrons. The van der Waals surface area contributed by atoms with E-state index in [0.29, 0.717) is 5.69 Å². The van der Waals surface area contributed by atoms with Crippen LogP contribution >= 0.6 is 0 Å². The number of rotatable bonds is 6. The van der Waals surface area contributed by atoms with Crippen molar-refractivity contribution in [2.75, 3.05) is 32.1 Å². The van der Waals surface area contributed by atoms with E-state index in [1.807, 2.05) is 19.0 Å². The van der Waals surface area contributed by atoms with E-state index in [9.17, 15) is 13.2 Å². The molecule has 0 heterocycles. The number of anilines is 1. The van der Waals surface area contributed by atoms with Crippen molar-refractivity contribution in [1.82, 2.24) is 5.32 Å². The fraction of sp³-hybridized carbons (Fsp3) is 0.500. The Morgan fingerprint density at radius 2 is 2.06 bits per heavy atom. The molecule has 0 spiro atoms. The molecule has 1 aromatic carbocycles. The van der Waals surface area contributed by atoms with E-state index in [1.54, 1.807) is 12.1 Å². The fourth-order valence-electron chi connectivity index (χ4n) is 1.54. The topological polar surface area (TPSA) is 24.5 Å². The minimum atomic E-state index is -4.65. The molecule has 102 valence electrons. The van der Waals surface area contributed by atoms with Gasteiger partial charge in [-0.1, -0.05) is 6.07 Å². The maximum absolute atomic E-state index is 12.1. The predicted molar refractivity (Wildman–Crippen MR) is 64.9 cm³/mol. The summed E-state index contributed by atoms with van der Waals surface area (Å²) in [5, 5.41) is 3.02. The Morgan fingerprint density at radius 3 is 2.67 bits per heavy atom. The molecule has 0 aliphatic carbocycles. The van der Waals surface area contributed by atoms with E-state index in [4.69, 9.17) is 0 Å². The predicted octanol–water partition coefficient (Wildman–Crippen LogP) is 2.63. The Balaban J connectivity index is 2.63. The quantitative estimate of drug-likeness (QED) is 0.798. The highest BCUT2D eigenvalue weighted by atomic mass is 19.4. The average Bonchev–Trinajstić information content (AvgIpc) is 2.27. The summed E-state index contributed by atoms with van der Waals surface area (Å²) in [7, 11) is 3.69. The van der Waals surface area contributed by atoms with Crippen LogP contribution in [0, 0.1) is 0 Å². The van der Waals surface area contributed by atoms with Crippen molar-refractivity contribution < 1.29 is 17.9 Å². The summed E-state index contributed by atoms with van der Waals surface area (Å²) in [6.45, 7) is 1.62. The number of ether oxygens (including phenoxy) is 1. The van der Waals surface area contributed by atoms with E-state index in [2.05, 4.69) is 10.1 Å². The average molecular weight is 262 g/mol. The van der Waals surface area contributed by atoms with Gasteiger partial charge in [0.1, 0.15) is 5.75 Å². The summed E-state index contributed by atoms with van der Waals surface area (Å²) in [5.74, 6) is -0.194. The Kier molecular flexibility index (Phi) is 5.27. The van der Waals surface area contributed by atoms with Gasteiger partial charge in [-0.2, -0.15) is 0 Å². The molecule has 0 saturated carbocycles. The highest BCUT2D eigenvalue weighted by Gasteiger charge is 2.31. The number of hydrogen-bond donors (Lipinski definition) is 1. The highest BCUT2D eigenvalue weighted by molar-refractivity contribution is 5.50. The first kappa shape index (κ1) is 14.6. The molecular formula is C12H17F3N2O. The number of halogens is 3. The third-order valence-electron chi connectivity index (χ3n) is 2.41. The number of benzene rings is 1. The summed E-state index contributed by atoms with van der Waals surface area (Å²) in [6.07, 6.45) is -3.74. The molecule has 1 aromatic rings. The second-order valence-electron chi connectivity index (χ2n) is 3.92. The lowest BCUT2D eigenvalue weighted by Crippen LogP contribution is -2.22. The van der Waals surface area contributed by atoms with Crippen LogP contribution in [-0.2, 0) is 0 Å². The van der Waals surface area contributed by atoms with Gasteiger partial charge in [0.2, 0.25) is 0 Å². The lowest BCUT2D eigenvalue weighted by molar-refractivity contribution is -0.274. The van der Waals surface area contributed by atoms with Gasteiger partial charge in [0.15, 0.2) is 0 Å². The van der Waals surface area contributed by atoms with Crippen molar-refractivity contribution in [3.05, 3.63) is 24.3 Å². The van der Waals surface area contributed by atoms with Gasteiger partial charge in [0, 0.05) is 25.3 Å². The monoisotopic (exact) mass is 262 g/mol. The van der Waals surface area contributed by atoms with Gasteiger partial charge in [-0.15, -0.1) is 13.2 Å². The third kappa shape index (κ3) is 5.27. The van der Waals surface area contributed by atoms with Crippen LogP contribution in [0.25, 0.3) is 0 Å². The van der Waals surface area contributed by atoms with Crippen LogP contribution in [0.15, 0.2) is 24.3 Å². The third-order valence-corrected chi connectivity index (χ3v) is 2.41. The van der Waals surface area contributed by atoms with Crippen molar-refractivity contribution in [2.45, 2.75) is 12.8 Å². The van der Waals surface area contributed by atoms with Crippen molar-refractivity contribution in [3.8, 4) is 5.75 Å². The van der Waals surface area contributed by atoms with E-state index in [-0.39, 0.29) is 5.75 Å². The van der Waals surface area contributed by atoms with Crippen LogP contribution in [0.2, 0.25) is 0 Å². The molecule has 0 aliphatic heterocycles.